The number of nitrogens with one attached hydrogen (secondary N) is 2. The van der Waals surface area contributed by atoms with Crippen LogP contribution in [0, 0.1) is 0 Å². The lowest BCUT2D eigenvalue weighted by atomic mass is 9.94. The van der Waals surface area contributed by atoms with Crippen LogP contribution in [0.1, 0.15) is 23.3 Å². The van der Waals surface area contributed by atoms with Crippen molar-refractivity contribution in [3.63, 3.8) is 0 Å². The number of halogens is 2. The monoisotopic (exact) mass is 356 g/mol. The first-order valence-electron chi connectivity index (χ1n) is 6.99. The zero-order chi connectivity index (χ0) is 16.6. The van der Waals surface area contributed by atoms with Crippen molar-refractivity contribution in [2.24, 2.45) is 0 Å². The predicted octanol–water partition coefficient (Wildman–Crippen LogP) is 2.84. The van der Waals surface area contributed by atoms with Crippen molar-refractivity contribution in [1.82, 2.24) is 10.3 Å². The van der Waals surface area contributed by atoms with Gasteiger partial charge in [-0.15, -0.1) is 0 Å². The minimum atomic E-state index is -0.995. The topological polar surface area (TPSA) is 91.4 Å². The molecule has 1 fully saturated rings. The fraction of sp³-hybridized carbons (Fsp3) is 0.333. The molecule has 1 aromatic heterocycles. The first-order chi connectivity index (χ1) is 10.9. The fourth-order valence-electron chi connectivity index (χ4n) is 2.77. The summed E-state index contributed by atoms with van der Waals surface area (Å²) >= 11 is 12.2. The van der Waals surface area contributed by atoms with Crippen LogP contribution < -0.4 is 5.32 Å². The van der Waals surface area contributed by atoms with Gasteiger partial charge in [0.05, 0.1) is 23.6 Å². The van der Waals surface area contributed by atoms with E-state index < -0.39 is 17.4 Å². The molecule has 1 unspecified atom stereocenters. The lowest BCUT2D eigenvalue weighted by Crippen LogP contribution is -2.50. The van der Waals surface area contributed by atoms with Gasteiger partial charge in [0, 0.05) is 22.5 Å². The summed E-state index contributed by atoms with van der Waals surface area (Å²) in [6.45, 7) is 0.568. The third-order valence-corrected chi connectivity index (χ3v) is 4.52. The number of carboxylic acid groups (broad SMARTS) is 1. The SMILES string of the molecule is O=C(O)CC1(NC(=O)c2[nH]c3ccc(Cl)cc3c2Cl)CCOC1. The average molecular weight is 357 g/mol. The number of rotatable bonds is 4. The number of benzene rings is 1. The van der Waals surface area contributed by atoms with Gasteiger partial charge in [-0.1, -0.05) is 23.2 Å². The van der Waals surface area contributed by atoms with E-state index in [1.54, 1.807) is 18.2 Å². The van der Waals surface area contributed by atoms with Gasteiger partial charge in [0.25, 0.3) is 5.91 Å². The van der Waals surface area contributed by atoms with Crippen molar-refractivity contribution in [3.8, 4) is 0 Å². The second-order valence-electron chi connectivity index (χ2n) is 5.61. The van der Waals surface area contributed by atoms with Gasteiger partial charge in [0.1, 0.15) is 5.69 Å². The summed E-state index contributed by atoms with van der Waals surface area (Å²) < 4.78 is 5.26. The van der Waals surface area contributed by atoms with Crippen LogP contribution in [0.3, 0.4) is 0 Å². The van der Waals surface area contributed by atoms with Gasteiger partial charge in [-0.2, -0.15) is 0 Å². The Kier molecular flexibility index (Phi) is 4.23. The van der Waals surface area contributed by atoms with Crippen molar-refractivity contribution in [1.29, 1.82) is 0 Å². The summed E-state index contributed by atoms with van der Waals surface area (Å²) in [5.74, 6) is -1.46. The molecular formula is C15H14Cl2N2O4. The summed E-state index contributed by atoms with van der Waals surface area (Å²) in [5, 5.41) is 13.2. The highest BCUT2D eigenvalue weighted by Crippen LogP contribution is 2.31. The van der Waals surface area contributed by atoms with E-state index in [0.29, 0.717) is 29.0 Å². The second-order valence-corrected chi connectivity index (χ2v) is 6.43. The number of ether oxygens (including phenoxy) is 1. The van der Waals surface area contributed by atoms with E-state index in [1.165, 1.54) is 0 Å². The minimum absolute atomic E-state index is 0.161. The first kappa shape index (κ1) is 16.1. The third-order valence-electron chi connectivity index (χ3n) is 3.90. The lowest BCUT2D eigenvalue weighted by molar-refractivity contribution is -0.138. The minimum Gasteiger partial charge on any atom is -0.481 e. The molecule has 3 rings (SSSR count). The second kappa shape index (κ2) is 6.03. The number of fused-ring (bicyclic) bond motifs is 1. The maximum atomic E-state index is 12.6. The van der Waals surface area contributed by atoms with Crippen molar-refractivity contribution in [3.05, 3.63) is 33.9 Å². The molecule has 1 amide bonds. The zero-order valence-corrected chi connectivity index (χ0v) is 13.5. The van der Waals surface area contributed by atoms with Gasteiger partial charge < -0.3 is 20.1 Å². The number of carbonyl (C=O) groups excluding carboxylic acids is 1. The highest BCUT2D eigenvalue weighted by atomic mass is 35.5. The molecule has 3 N–H and O–H groups in total. The number of aromatic amines is 1. The van der Waals surface area contributed by atoms with Gasteiger partial charge in [0.15, 0.2) is 0 Å². The molecule has 0 saturated carbocycles. The van der Waals surface area contributed by atoms with Crippen molar-refractivity contribution >= 4 is 46.0 Å². The Hall–Kier alpha value is -1.76. The quantitative estimate of drug-likeness (QED) is 0.785. The zero-order valence-electron chi connectivity index (χ0n) is 12.0. The molecule has 2 aromatic rings. The Morgan fingerprint density at radius 2 is 2.17 bits per heavy atom. The average Bonchev–Trinajstić information content (AvgIpc) is 3.04. The molecule has 1 aliphatic rings. The number of H-pyrrole nitrogens is 1. The smallest absolute Gasteiger partial charge is 0.305 e. The Labute approximate surface area is 141 Å². The molecular weight excluding hydrogens is 343 g/mol. The molecule has 2 heterocycles. The van der Waals surface area contributed by atoms with E-state index in [0.717, 1.165) is 0 Å². The van der Waals surface area contributed by atoms with E-state index in [4.69, 9.17) is 33.0 Å². The van der Waals surface area contributed by atoms with E-state index in [9.17, 15) is 9.59 Å². The maximum Gasteiger partial charge on any atom is 0.305 e. The van der Waals surface area contributed by atoms with Crippen LogP contribution in [0.25, 0.3) is 10.9 Å². The van der Waals surface area contributed by atoms with Crippen molar-refractivity contribution < 1.29 is 19.4 Å². The molecule has 1 aliphatic heterocycles. The first-order valence-corrected chi connectivity index (χ1v) is 7.75. The van der Waals surface area contributed by atoms with Gasteiger partial charge in [-0.25, -0.2) is 0 Å². The summed E-state index contributed by atoms with van der Waals surface area (Å²) in [5.41, 5.74) is -0.0543. The number of amides is 1. The summed E-state index contributed by atoms with van der Waals surface area (Å²) in [7, 11) is 0. The number of carboxylic acids is 1. The van der Waals surface area contributed by atoms with Gasteiger partial charge in [-0.05, 0) is 24.6 Å². The standard InChI is InChI=1S/C15H14Cl2N2O4/c16-8-1-2-10-9(5-8)12(17)13(18-10)14(22)19-15(6-11(20)21)3-4-23-7-15/h1-2,5,18H,3-4,6-7H2,(H,19,22)(H,20,21). The largest absolute Gasteiger partial charge is 0.481 e. The van der Waals surface area contributed by atoms with E-state index in [-0.39, 0.29) is 23.7 Å². The molecule has 23 heavy (non-hydrogen) atoms. The highest BCUT2D eigenvalue weighted by molar-refractivity contribution is 6.39. The van der Waals surface area contributed by atoms with Crippen LogP contribution in [0.15, 0.2) is 18.2 Å². The van der Waals surface area contributed by atoms with Crippen LogP contribution in [-0.2, 0) is 9.53 Å². The van der Waals surface area contributed by atoms with E-state index in [2.05, 4.69) is 10.3 Å². The molecule has 0 aliphatic carbocycles. The normalized spacial score (nSPS) is 20.8. The van der Waals surface area contributed by atoms with Crippen LogP contribution in [0.2, 0.25) is 10.0 Å². The van der Waals surface area contributed by atoms with Crippen molar-refractivity contribution in [2.75, 3.05) is 13.2 Å². The van der Waals surface area contributed by atoms with Gasteiger partial charge in [0.2, 0.25) is 0 Å². The van der Waals surface area contributed by atoms with Gasteiger partial charge in [-0.3, -0.25) is 9.59 Å². The molecule has 1 aromatic carbocycles. The number of hydrogen-bond donors (Lipinski definition) is 3. The lowest BCUT2D eigenvalue weighted by Gasteiger charge is -2.26. The number of hydrogen-bond acceptors (Lipinski definition) is 3. The van der Waals surface area contributed by atoms with Crippen LogP contribution >= 0.6 is 23.2 Å². The number of carbonyl (C=O) groups is 2. The summed E-state index contributed by atoms with van der Waals surface area (Å²) in [4.78, 5) is 26.6. The predicted molar refractivity (Wildman–Crippen MR) is 86.2 cm³/mol. The Bertz CT molecular complexity index is 781. The van der Waals surface area contributed by atoms with E-state index >= 15 is 0 Å². The Morgan fingerprint density at radius 1 is 1.39 bits per heavy atom. The van der Waals surface area contributed by atoms with Crippen LogP contribution in [0.4, 0.5) is 0 Å². The maximum absolute atomic E-state index is 12.6. The Balaban J connectivity index is 1.91. The van der Waals surface area contributed by atoms with E-state index in [1.807, 2.05) is 0 Å². The number of aromatic nitrogens is 1. The molecule has 1 atom stereocenters. The molecule has 0 bridgehead atoms. The van der Waals surface area contributed by atoms with Crippen molar-refractivity contribution in [2.45, 2.75) is 18.4 Å². The molecule has 0 spiro atoms. The number of aliphatic carboxylic acids is 1. The molecule has 1 saturated heterocycles. The highest BCUT2D eigenvalue weighted by Gasteiger charge is 2.39. The molecule has 8 heteroatoms. The van der Waals surface area contributed by atoms with Crippen LogP contribution in [-0.4, -0.2) is 40.7 Å². The third kappa shape index (κ3) is 3.15. The fourth-order valence-corrected chi connectivity index (χ4v) is 3.23. The summed E-state index contributed by atoms with van der Waals surface area (Å²) in [6, 6.07) is 5.08. The Morgan fingerprint density at radius 3 is 2.83 bits per heavy atom. The molecule has 0 radical (unpaired) electrons. The molecule has 122 valence electrons. The molecule has 6 nitrogen and oxygen atoms in total. The van der Waals surface area contributed by atoms with Gasteiger partial charge >= 0.3 is 5.97 Å². The summed E-state index contributed by atoms with van der Waals surface area (Å²) in [6.07, 6.45) is 0.233. The van der Waals surface area contributed by atoms with Crippen LogP contribution in [0.5, 0.6) is 0 Å².